The van der Waals surface area contributed by atoms with Crippen molar-refractivity contribution in [2.45, 2.75) is 6.17 Å². The van der Waals surface area contributed by atoms with Crippen molar-refractivity contribution in [1.82, 2.24) is 5.32 Å². The Bertz CT molecular complexity index is 2470. The second-order valence-electron chi connectivity index (χ2n) is 11.4. The van der Waals surface area contributed by atoms with E-state index in [9.17, 15) is 0 Å². The molecule has 7 aromatic carbocycles. The predicted octanol–water partition coefficient (Wildman–Crippen LogP) is 10.1. The van der Waals surface area contributed by atoms with Gasteiger partial charge in [-0.3, -0.25) is 0 Å². The van der Waals surface area contributed by atoms with Crippen LogP contribution in [0.1, 0.15) is 22.9 Å². The summed E-state index contributed by atoms with van der Waals surface area (Å²) in [6.07, 6.45) is -0.370. The Hall–Kier alpha value is -6.00. The topological polar surface area (TPSA) is 49.9 Å². The van der Waals surface area contributed by atoms with Gasteiger partial charge in [0.15, 0.2) is 5.84 Å². The molecular weight excluding hydrogens is 550 g/mol. The minimum Gasteiger partial charge on any atom is -0.455 e. The molecular formula is C41H27N3O. The van der Waals surface area contributed by atoms with Crippen LogP contribution < -0.4 is 5.32 Å². The molecule has 4 nitrogen and oxygen atoms in total. The summed E-state index contributed by atoms with van der Waals surface area (Å²) in [6.45, 7) is 0. The van der Waals surface area contributed by atoms with Crippen LogP contribution in [0.15, 0.2) is 166 Å². The molecule has 0 fully saturated rings. The Balaban J connectivity index is 1.23. The number of rotatable bonds is 4. The van der Waals surface area contributed by atoms with E-state index < -0.39 is 0 Å². The van der Waals surface area contributed by atoms with E-state index in [1.807, 2.05) is 18.2 Å². The lowest BCUT2D eigenvalue weighted by Gasteiger charge is -2.24. The highest BCUT2D eigenvalue weighted by Crippen LogP contribution is 2.41. The summed E-state index contributed by atoms with van der Waals surface area (Å²) in [4.78, 5) is 10.2. The molecule has 0 saturated heterocycles. The molecule has 1 aliphatic rings. The summed E-state index contributed by atoms with van der Waals surface area (Å²) in [5.74, 6) is 1.49. The third-order valence-electron chi connectivity index (χ3n) is 8.73. The first-order valence-corrected chi connectivity index (χ1v) is 15.2. The summed E-state index contributed by atoms with van der Waals surface area (Å²) in [5, 5.41) is 10.6. The summed E-state index contributed by atoms with van der Waals surface area (Å²) in [5.41, 5.74) is 6.99. The maximum atomic E-state index is 6.68. The number of para-hydroxylation sites is 1. The van der Waals surface area contributed by atoms with Gasteiger partial charge in [-0.05, 0) is 39.2 Å². The highest BCUT2D eigenvalue weighted by atomic mass is 16.3. The molecule has 45 heavy (non-hydrogen) atoms. The average molecular weight is 578 g/mol. The molecule has 1 atom stereocenters. The molecule has 1 aliphatic heterocycles. The van der Waals surface area contributed by atoms with Crippen molar-refractivity contribution in [3.05, 3.63) is 168 Å². The van der Waals surface area contributed by atoms with Crippen LogP contribution in [0.2, 0.25) is 0 Å². The van der Waals surface area contributed by atoms with Gasteiger partial charge in [-0.1, -0.05) is 140 Å². The van der Waals surface area contributed by atoms with Gasteiger partial charge in [0.25, 0.3) is 0 Å². The van der Waals surface area contributed by atoms with Crippen molar-refractivity contribution in [1.29, 1.82) is 0 Å². The maximum absolute atomic E-state index is 6.68. The lowest BCUT2D eigenvalue weighted by Crippen LogP contribution is -2.33. The van der Waals surface area contributed by atoms with Gasteiger partial charge in [-0.2, -0.15) is 0 Å². The third-order valence-corrected chi connectivity index (χ3v) is 8.73. The van der Waals surface area contributed by atoms with E-state index in [-0.39, 0.29) is 6.17 Å². The van der Waals surface area contributed by atoms with Crippen molar-refractivity contribution in [3.8, 4) is 11.1 Å². The highest BCUT2D eigenvalue weighted by molar-refractivity contribution is 6.16. The summed E-state index contributed by atoms with van der Waals surface area (Å²) < 4.78 is 6.68. The smallest absolute Gasteiger partial charge is 0.159 e. The number of benzene rings is 7. The van der Waals surface area contributed by atoms with Crippen LogP contribution in [0, 0.1) is 0 Å². The predicted molar refractivity (Wildman–Crippen MR) is 186 cm³/mol. The maximum Gasteiger partial charge on any atom is 0.159 e. The van der Waals surface area contributed by atoms with Crippen LogP contribution in [-0.2, 0) is 0 Å². The summed E-state index contributed by atoms with van der Waals surface area (Å²) in [6, 6.07) is 52.7. The number of furan rings is 1. The van der Waals surface area contributed by atoms with E-state index in [2.05, 4.69) is 139 Å². The molecule has 0 spiro atoms. The minimum atomic E-state index is -0.370. The molecule has 1 N–H and O–H groups in total. The molecule has 8 aromatic rings. The molecule has 0 radical (unpaired) electrons. The van der Waals surface area contributed by atoms with Gasteiger partial charge in [0.1, 0.15) is 23.2 Å². The zero-order valence-corrected chi connectivity index (χ0v) is 24.3. The SMILES string of the molecule is c1ccc(C2=NC(c3cccc4oc5c(-c6cccc7ccccc67)cccc5c34)NC(c3ccc4ccccc4c3)=N2)cc1. The van der Waals surface area contributed by atoms with Gasteiger partial charge in [-0.15, -0.1) is 0 Å². The largest absolute Gasteiger partial charge is 0.455 e. The first-order valence-electron chi connectivity index (χ1n) is 15.2. The number of hydrogen-bond acceptors (Lipinski definition) is 4. The van der Waals surface area contributed by atoms with Crippen molar-refractivity contribution < 1.29 is 4.42 Å². The van der Waals surface area contributed by atoms with Crippen molar-refractivity contribution in [3.63, 3.8) is 0 Å². The molecule has 1 aromatic heterocycles. The number of aliphatic imine (C=N–C) groups is 2. The highest BCUT2D eigenvalue weighted by Gasteiger charge is 2.25. The monoisotopic (exact) mass is 577 g/mol. The van der Waals surface area contributed by atoms with E-state index >= 15 is 0 Å². The Morgan fingerprint density at radius 1 is 0.533 bits per heavy atom. The average Bonchev–Trinajstić information content (AvgIpc) is 3.51. The fourth-order valence-electron chi connectivity index (χ4n) is 6.58. The van der Waals surface area contributed by atoms with E-state index in [0.717, 1.165) is 55.6 Å². The number of nitrogens with zero attached hydrogens (tertiary/aromatic N) is 2. The second kappa shape index (κ2) is 10.3. The standard InChI is InChI=1S/C41H27N3O/c1-2-13-28(14-3-1)39-42-40(30-24-23-26-11-4-5-15-29(26)25-30)44-41(43-39)35-21-10-22-36-37(35)34-20-9-19-33(38(34)45-36)32-18-8-16-27-12-6-7-17-31(27)32/h1-25,41H,(H,42,43,44). The van der Waals surface area contributed by atoms with Crippen LogP contribution in [0.3, 0.4) is 0 Å². The van der Waals surface area contributed by atoms with Crippen LogP contribution in [0.4, 0.5) is 0 Å². The van der Waals surface area contributed by atoms with Crippen LogP contribution >= 0.6 is 0 Å². The van der Waals surface area contributed by atoms with Crippen LogP contribution in [0.25, 0.3) is 54.6 Å². The summed E-state index contributed by atoms with van der Waals surface area (Å²) >= 11 is 0. The van der Waals surface area contributed by atoms with Crippen molar-refractivity contribution in [2.75, 3.05) is 0 Å². The van der Waals surface area contributed by atoms with Gasteiger partial charge in [0.2, 0.25) is 0 Å². The molecule has 0 bridgehead atoms. The van der Waals surface area contributed by atoms with Crippen LogP contribution in [0.5, 0.6) is 0 Å². The molecule has 212 valence electrons. The van der Waals surface area contributed by atoms with Crippen molar-refractivity contribution >= 4 is 55.2 Å². The second-order valence-corrected chi connectivity index (χ2v) is 11.4. The fraction of sp³-hybridized carbons (Fsp3) is 0.0244. The van der Waals surface area contributed by atoms with E-state index in [4.69, 9.17) is 14.4 Å². The molecule has 0 aliphatic carbocycles. The molecule has 0 saturated carbocycles. The quantitative estimate of drug-likeness (QED) is 0.226. The first-order chi connectivity index (χ1) is 22.3. The fourth-order valence-corrected chi connectivity index (χ4v) is 6.58. The minimum absolute atomic E-state index is 0.370. The van der Waals surface area contributed by atoms with Gasteiger partial charge < -0.3 is 9.73 Å². The Morgan fingerprint density at radius 2 is 1.24 bits per heavy atom. The molecule has 2 heterocycles. The number of hydrogen-bond donors (Lipinski definition) is 1. The van der Waals surface area contributed by atoms with Gasteiger partial charge >= 0.3 is 0 Å². The lowest BCUT2D eigenvalue weighted by atomic mass is 9.96. The van der Waals surface area contributed by atoms with Gasteiger partial charge in [0, 0.05) is 33.0 Å². The number of nitrogens with one attached hydrogen (secondary N) is 1. The normalized spacial score (nSPS) is 14.9. The lowest BCUT2D eigenvalue weighted by molar-refractivity contribution is 0.663. The molecule has 1 unspecified atom stereocenters. The molecule has 0 amide bonds. The Morgan fingerprint density at radius 3 is 2.16 bits per heavy atom. The van der Waals surface area contributed by atoms with E-state index in [1.54, 1.807) is 0 Å². The zero-order valence-electron chi connectivity index (χ0n) is 24.3. The van der Waals surface area contributed by atoms with E-state index in [1.165, 1.54) is 21.5 Å². The Labute approximate surface area is 260 Å². The van der Waals surface area contributed by atoms with Gasteiger partial charge in [0.05, 0.1) is 0 Å². The van der Waals surface area contributed by atoms with Crippen LogP contribution in [-0.4, -0.2) is 11.7 Å². The number of amidine groups is 2. The molecule has 4 heteroatoms. The van der Waals surface area contributed by atoms with Crippen molar-refractivity contribution in [2.24, 2.45) is 9.98 Å². The summed E-state index contributed by atoms with van der Waals surface area (Å²) in [7, 11) is 0. The number of fused-ring (bicyclic) bond motifs is 5. The van der Waals surface area contributed by atoms with Gasteiger partial charge in [-0.25, -0.2) is 9.98 Å². The third kappa shape index (κ3) is 4.30. The zero-order chi connectivity index (χ0) is 29.7. The van der Waals surface area contributed by atoms with E-state index in [0.29, 0.717) is 5.84 Å². The molecule has 9 rings (SSSR count). The first kappa shape index (κ1) is 25.5. The Kier molecular flexibility index (Phi) is 5.85.